The van der Waals surface area contributed by atoms with Crippen molar-refractivity contribution in [2.45, 2.75) is 12.2 Å². The molecule has 0 aromatic heterocycles. The first kappa shape index (κ1) is 21.9. The molecule has 1 heterocycles. The highest BCUT2D eigenvalue weighted by atomic mass is 32.2. The highest BCUT2D eigenvalue weighted by molar-refractivity contribution is 8.38. The highest BCUT2D eigenvalue weighted by Gasteiger charge is 2.20. The summed E-state index contributed by atoms with van der Waals surface area (Å²) in [4.78, 5) is 31.2. The maximum absolute atomic E-state index is 12.7. The van der Waals surface area contributed by atoms with E-state index >= 15 is 0 Å². The summed E-state index contributed by atoms with van der Waals surface area (Å²) in [5, 5.41) is 8.89. The van der Waals surface area contributed by atoms with Crippen molar-refractivity contribution in [2.75, 3.05) is 30.3 Å². The van der Waals surface area contributed by atoms with Crippen LogP contribution in [0.3, 0.4) is 0 Å². The molecule has 6 nitrogen and oxygen atoms in total. The molecule has 30 heavy (non-hydrogen) atoms. The third-order valence-electron chi connectivity index (χ3n) is 4.29. The first-order valence-corrected chi connectivity index (χ1v) is 11.4. The van der Waals surface area contributed by atoms with Gasteiger partial charge >= 0.3 is 5.97 Å². The van der Waals surface area contributed by atoms with E-state index in [1.165, 1.54) is 4.90 Å². The Morgan fingerprint density at radius 3 is 2.67 bits per heavy atom. The van der Waals surface area contributed by atoms with Gasteiger partial charge in [-0.05, 0) is 23.8 Å². The molecular formula is C22H21N3O3S2. The molecule has 1 aliphatic rings. The lowest BCUT2D eigenvalue weighted by molar-refractivity contribution is -0.121. The van der Waals surface area contributed by atoms with Crippen molar-refractivity contribution in [3.63, 3.8) is 0 Å². The lowest BCUT2D eigenvalue weighted by atomic mass is 10.1. The Morgan fingerprint density at radius 2 is 1.93 bits per heavy atom. The van der Waals surface area contributed by atoms with E-state index in [0.29, 0.717) is 17.0 Å². The van der Waals surface area contributed by atoms with E-state index < -0.39 is 5.97 Å². The Labute approximate surface area is 184 Å². The standard InChI is InChI=1S/C22H21N3O3S2/c23-11-6-13-25(18-8-2-1-3-9-18)20(26)15-28-21(27)19-10-5-4-7-17(19)16-30-22-24-12-14-29-22/h1-5,7-10H,6,12-16H2. The molecule has 0 saturated heterocycles. The largest absolute Gasteiger partial charge is 0.452 e. The Kier molecular flexibility index (Phi) is 8.36. The molecule has 3 rings (SSSR count). The van der Waals surface area contributed by atoms with Crippen LogP contribution in [-0.2, 0) is 15.3 Å². The van der Waals surface area contributed by atoms with Gasteiger partial charge in [-0.1, -0.05) is 59.9 Å². The number of rotatable bonds is 8. The fourth-order valence-electron chi connectivity index (χ4n) is 2.84. The van der Waals surface area contributed by atoms with Crippen LogP contribution in [0.2, 0.25) is 0 Å². The third kappa shape index (κ3) is 6.12. The lowest BCUT2D eigenvalue weighted by Gasteiger charge is -2.21. The molecule has 1 aliphatic heterocycles. The van der Waals surface area contributed by atoms with Crippen LogP contribution in [0.15, 0.2) is 59.6 Å². The molecule has 154 valence electrons. The molecule has 2 aromatic rings. The molecule has 8 heteroatoms. The van der Waals surface area contributed by atoms with Crippen LogP contribution in [-0.4, -0.2) is 41.7 Å². The monoisotopic (exact) mass is 439 g/mol. The topological polar surface area (TPSA) is 82.8 Å². The number of nitriles is 1. The Bertz CT molecular complexity index is 958. The van der Waals surface area contributed by atoms with Crippen molar-refractivity contribution in [2.24, 2.45) is 4.99 Å². The van der Waals surface area contributed by atoms with Crippen molar-refractivity contribution in [1.29, 1.82) is 5.26 Å². The third-order valence-corrected chi connectivity index (χ3v) is 6.59. The zero-order chi connectivity index (χ0) is 21.2. The second-order valence-electron chi connectivity index (χ2n) is 6.31. The number of nitrogens with zero attached hydrogens (tertiary/aromatic N) is 3. The number of thioether (sulfide) groups is 2. The van der Waals surface area contributed by atoms with Crippen LogP contribution in [0.1, 0.15) is 22.3 Å². The van der Waals surface area contributed by atoms with Crippen molar-refractivity contribution in [1.82, 2.24) is 0 Å². The average molecular weight is 440 g/mol. The number of benzene rings is 2. The van der Waals surface area contributed by atoms with Crippen LogP contribution in [0.25, 0.3) is 0 Å². The van der Waals surface area contributed by atoms with Gasteiger partial charge in [-0.3, -0.25) is 9.79 Å². The number of anilines is 1. The molecule has 1 amide bonds. The summed E-state index contributed by atoms with van der Waals surface area (Å²) in [6.45, 7) is 0.690. The van der Waals surface area contributed by atoms with Gasteiger partial charge in [-0.2, -0.15) is 5.26 Å². The number of hydrogen-bond donors (Lipinski definition) is 0. The zero-order valence-corrected chi connectivity index (χ0v) is 18.0. The van der Waals surface area contributed by atoms with Crippen molar-refractivity contribution < 1.29 is 14.3 Å². The molecular weight excluding hydrogens is 418 g/mol. The van der Waals surface area contributed by atoms with Crippen molar-refractivity contribution >= 4 is 45.5 Å². The highest BCUT2D eigenvalue weighted by Crippen LogP contribution is 2.26. The molecule has 0 atom stereocenters. The maximum Gasteiger partial charge on any atom is 0.338 e. The Hall–Kier alpha value is -2.76. The molecule has 0 N–H and O–H groups in total. The van der Waals surface area contributed by atoms with Gasteiger partial charge in [0.15, 0.2) is 6.61 Å². The van der Waals surface area contributed by atoms with E-state index in [9.17, 15) is 9.59 Å². The van der Waals surface area contributed by atoms with Crippen LogP contribution in [0, 0.1) is 11.3 Å². The van der Waals surface area contributed by atoms with Gasteiger partial charge in [0, 0.05) is 23.7 Å². The van der Waals surface area contributed by atoms with E-state index in [1.54, 1.807) is 47.8 Å². The molecule has 0 aliphatic carbocycles. The SMILES string of the molecule is N#CCCN(C(=O)COC(=O)c1ccccc1CSC1=NCCS1)c1ccccc1. The van der Waals surface area contributed by atoms with Gasteiger partial charge in [-0.25, -0.2) is 4.79 Å². The fraction of sp³-hybridized carbons (Fsp3) is 0.273. The first-order chi connectivity index (χ1) is 14.7. The second kappa shape index (κ2) is 11.4. The number of carbonyl (C=O) groups excluding carboxylic acids is 2. The van der Waals surface area contributed by atoms with Crippen LogP contribution in [0.4, 0.5) is 5.69 Å². The maximum atomic E-state index is 12.7. The van der Waals surface area contributed by atoms with E-state index in [2.05, 4.69) is 4.99 Å². The lowest BCUT2D eigenvalue weighted by Crippen LogP contribution is -2.35. The summed E-state index contributed by atoms with van der Waals surface area (Å²) in [7, 11) is 0. The summed E-state index contributed by atoms with van der Waals surface area (Å²) in [5.41, 5.74) is 1.96. The Morgan fingerprint density at radius 1 is 1.17 bits per heavy atom. The summed E-state index contributed by atoms with van der Waals surface area (Å²) in [6.07, 6.45) is 0.191. The van der Waals surface area contributed by atoms with E-state index in [0.717, 1.165) is 22.2 Å². The average Bonchev–Trinajstić information content (AvgIpc) is 3.31. The first-order valence-electron chi connectivity index (χ1n) is 9.46. The summed E-state index contributed by atoms with van der Waals surface area (Å²) >= 11 is 3.33. The molecule has 0 unspecified atom stereocenters. The summed E-state index contributed by atoms with van der Waals surface area (Å²) in [6, 6.07) is 18.3. The van der Waals surface area contributed by atoms with E-state index in [1.807, 2.05) is 36.4 Å². The number of hydrogen-bond acceptors (Lipinski definition) is 7. The molecule has 0 saturated carbocycles. The zero-order valence-electron chi connectivity index (χ0n) is 16.3. The number of ether oxygens (including phenoxy) is 1. The quantitative estimate of drug-likeness (QED) is 0.575. The number of carbonyl (C=O) groups is 2. The summed E-state index contributed by atoms with van der Waals surface area (Å²) in [5.74, 6) is 0.712. The smallest absolute Gasteiger partial charge is 0.338 e. The van der Waals surface area contributed by atoms with Crippen LogP contribution >= 0.6 is 23.5 Å². The molecule has 0 radical (unpaired) electrons. The Balaban J connectivity index is 1.62. The normalized spacial score (nSPS) is 12.7. The van der Waals surface area contributed by atoms with Gasteiger partial charge in [0.25, 0.3) is 5.91 Å². The summed E-state index contributed by atoms with van der Waals surface area (Å²) < 4.78 is 6.36. The minimum Gasteiger partial charge on any atom is -0.452 e. The van der Waals surface area contributed by atoms with Crippen molar-refractivity contribution in [3.8, 4) is 6.07 Å². The molecule has 0 bridgehead atoms. The predicted molar refractivity (Wildman–Crippen MR) is 122 cm³/mol. The van der Waals surface area contributed by atoms with Crippen LogP contribution in [0.5, 0.6) is 0 Å². The number of amides is 1. The van der Waals surface area contributed by atoms with Gasteiger partial charge in [0.2, 0.25) is 0 Å². The van der Waals surface area contributed by atoms with E-state index in [-0.39, 0.29) is 25.5 Å². The minimum atomic E-state index is -0.533. The molecule has 0 fully saturated rings. The number of para-hydroxylation sites is 1. The van der Waals surface area contributed by atoms with E-state index in [4.69, 9.17) is 10.00 Å². The minimum absolute atomic E-state index is 0.191. The van der Waals surface area contributed by atoms with Gasteiger partial charge in [0.05, 0.1) is 24.6 Å². The second-order valence-corrected chi connectivity index (χ2v) is 8.61. The van der Waals surface area contributed by atoms with Crippen molar-refractivity contribution in [3.05, 3.63) is 65.7 Å². The predicted octanol–water partition coefficient (Wildman–Crippen LogP) is 4.13. The van der Waals surface area contributed by atoms with Crippen LogP contribution < -0.4 is 4.90 Å². The molecule has 0 spiro atoms. The fourth-order valence-corrected chi connectivity index (χ4v) is 4.85. The number of aliphatic imine (C=N–C) groups is 1. The van der Waals surface area contributed by atoms with Gasteiger partial charge < -0.3 is 9.64 Å². The van der Waals surface area contributed by atoms with Gasteiger partial charge in [0.1, 0.15) is 4.38 Å². The van der Waals surface area contributed by atoms with Gasteiger partial charge in [-0.15, -0.1) is 0 Å². The molecule has 2 aromatic carbocycles. The number of esters is 1.